The molecule has 0 aliphatic carbocycles. The van der Waals surface area contributed by atoms with Gasteiger partial charge in [0.1, 0.15) is 5.82 Å². The number of carbonyl (C=O) groups excluding carboxylic acids is 2. The van der Waals surface area contributed by atoms with Crippen LogP contribution in [0.15, 0.2) is 35.1 Å². The highest BCUT2D eigenvalue weighted by atomic mass is 16.2. The largest absolute Gasteiger partial charge is 0.339 e. The monoisotopic (exact) mass is 395 g/mol. The number of fused-ring (bicyclic) bond motifs is 1. The first-order chi connectivity index (χ1) is 14.1. The summed E-state index contributed by atoms with van der Waals surface area (Å²) in [7, 11) is 0. The Morgan fingerprint density at radius 2 is 2.03 bits per heavy atom. The van der Waals surface area contributed by atoms with Crippen molar-refractivity contribution in [3.63, 3.8) is 0 Å². The first kappa shape index (κ1) is 19.2. The molecule has 4 rings (SSSR count). The number of hydrogen-bond donors (Lipinski definition) is 3. The summed E-state index contributed by atoms with van der Waals surface area (Å²) in [4.78, 5) is 47.5. The van der Waals surface area contributed by atoms with Gasteiger partial charge >= 0.3 is 0 Å². The van der Waals surface area contributed by atoms with Crippen molar-refractivity contribution in [1.82, 2.24) is 9.97 Å². The lowest BCUT2D eigenvalue weighted by Gasteiger charge is -2.36. The molecule has 3 N–H and O–H groups in total. The van der Waals surface area contributed by atoms with Gasteiger partial charge in [0.05, 0.1) is 11.5 Å². The minimum Gasteiger partial charge on any atom is -0.339 e. The molecule has 1 aromatic carbocycles. The Bertz CT molecular complexity index is 972. The third-order valence-electron chi connectivity index (χ3n) is 5.67. The molecule has 2 aliphatic rings. The average molecular weight is 395 g/mol. The number of nitrogens with zero attached hydrogens (tertiary/aromatic N) is 2. The van der Waals surface area contributed by atoms with Crippen molar-refractivity contribution in [3.8, 4) is 0 Å². The predicted octanol–water partition coefficient (Wildman–Crippen LogP) is 2.60. The number of hydrogen-bond acceptors (Lipinski definition) is 5. The highest BCUT2D eigenvalue weighted by Gasteiger charge is 2.35. The maximum absolute atomic E-state index is 12.9. The highest BCUT2D eigenvalue weighted by molar-refractivity contribution is 6.04. The maximum atomic E-state index is 12.9. The van der Waals surface area contributed by atoms with Crippen LogP contribution in [0.25, 0.3) is 0 Å². The minimum absolute atomic E-state index is 0.0862. The van der Waals surface area contributed by atoms with Crippen LogP contribution in [0.3, 0.4) is 0 Å². The lowest BCUT2D eigenvalue weighted by molar-refractivity contribution is -0.123. The number of rotatable bonds is 4. The standard InChI is InChI=1S/C21H25N5O3/c1-2-14-10-6-7-11-26(14)21-24-18-17(20(29)25-21)15(12-16(27)23-18)19(28)22-13-8-4-3-5-9-13/h3-5,8-9,14-15H,2,6-7,10-12H2,1H3,(H,22,28)(H2,23,24,25,27,29)/t14-,15+/m1/s1. The number of piperidine rings is 1. The van der Waals surface area contributed by atoms with E-state index in [9.17, 15) is 14.4 Å². The molecule has 0 radical (unpaired) electrons. The number of aromatic amines is 1. The molecule has 1 saturated heterocycles. The Balaban J connectivity index is 1.67. The smallest absolute Gasteiger partial charge is 0.258 e. The highest BCUT2D eigenvalue weighted by Crippen LogP contribution is 2.31. The topological polar surface area (TPSA) is 107 Å². The molecule has 0 saturated carbocycles. The number of H-pyrrole nitrogens is 1. The number of aromatic nitrogens is 2. The number of benzene rings is 1. The molecule has 3 heterocycles. The number of anilines is 3. The Labute approximate surface area is 168 Å². The average Bonchev–Trinajstić information content (AvgIpc) is 2.73. The Kier molecular flexibility index (Phi) is 5.33. The fourth-order valence-electron chi connectivity index (χ4n) is 4.17. The van der Waals surface area contributed by atoms with E-state index < -0.39 is 11.8 Å². The van der Waals surface area contributed by atoms with Crippen LogP contribution in [-0.4, -0.2) is 34.4 Å². The van der Waals surface area contributed by atoms with E-state index in [1.165, 1.54) is 0 Å². The number of carbonyl (C=O) groups is 2. The lowest BCUT2D eigenvalue weighted by atomic mass is 9.92. The first-order valence-electron chi connectivity index (χ1n) is 10.1. The summed E-state index contributed by atoms with van der Waals surface area (Å²) in [6.07, 6.45) is 4.10. The fraction of sp³-hybridized carbons (Fsp3) is 0.429. The SMILES string of the molecule is CC[C@@H]1CCCCN1c1nc2c(c(=O)[nH]1)[C@@H](C(=O)Nc1ccccc1)CC(=O)N2. The van der Waals surface area contributed by atoms with E-state index in [1.54, 1.807) is 24.3 Å². The normalized spacial score (nSPS) is 21.3. The van der Waals surface area contributed by atoms with Crippen LogP contribution < -0.4 is 21.1 Å². The van der Waals surface area contributed by atoms with Gasteiger partial charge in [-0.05, 0) is 37.8 Å². The molecule has 152 valence electrons. The second kappa shape index (κ2) is 8.06. The molecule has 8 nitrogen and oxygen atoms in total. The van der Waals surface area contributed by atoms with Gasteiger partial charge in [0.25, 0.3) is 5.56 Å². The van der Waals surface area contributed by atoms with Gasteiger partial charge in [0, 0.05) is 24.7 Å². The van der Waals surface area contributed by atoms with Gasteiger partial charge < -0.3 is 15.5 Å². The quantitative estimate of drug-likeness (QED) is 0.738. The summed E-state index contributed by atoms with van der Waals surface area (Å²) >= 11 is 0. The molecule has 1 aromatic heterocycles. The van der Waals surface area contributed by atoms with Crippen molar-refractivity contribution in [2.24, 2.45) is 0 Å². The van der Waals surface area contributed by atoms with E-state index >= 15 is 0 Å². The summed E-state index contributed by atoms with van der Waals surface area (Å²) in [5, 5.41) is 5.47. The second-order valence-electron chi connectivity index (χ2n) is 7.56. The van der Waals surface area contributed by atoms with Crippen LogP contribution in [0.2, 0.25) is 0 Å². The molecular formula is C21H25N5O3. The molecule has 2 atom stereocenters. The Hall–Kier alpha value is -3.16. The molecule has 0 bridgehead atoms. The van der Waals surface area contributed by atoms with Crippen LogP contribution in [-0.2, 0) is 9.59 Å². The van der Waals surface area contributed by atoms with Gasteiger partial charge in [-0.15, -0.1) is 0 Å². The maximum Gasteiger partial charge on any atom is 0.258 e. The lowest BCUT2D eigenvalue weighted by Crippen LogP contribution is -2.43. The molecule has 0 spiro atoms. The van der Waals surface area contributed by atoms with Crippen LogP contribution >= 0.6 is 0 Å². The van der Waals surface area contributed by atoms with Crippen molar-refractivity contribution < 1.29 is 9.59 Å². The zero-order chi connectivity index (χ0) is 20.4. The molecule has 1 fully saturated rings. The molecule has 2 amide bonds. The van der Waals surface area contributed by atoms with Gasteiger partial charge in [0.15, 0.2) is 0 Å². The number of amides is 2. The van der Waals surface area contributed by atoms with Gasteiger partial charge in [0.2, 0.25) is 17.8 Å². The summed E-state index contributed by atoms with van der Waals surface area (Å²) < 4.78 is 0. The van der Waals surface area contributed by atoms with Crippen LogP contribution in [0.1, 0.15) is 50.5 Å². The third kappa shape index (κ3) is 3.87. The van der Waals surface area contributed by atoms with Crippen molar-refractivity contribution in [2.75, 3.05) is 22.1 Å². The van der Waals surface area contributed by atoms with Crippen molar-refractivity contribution >= 4 is 29.3 Å². The van der Waals surface area contributed by atoms with E-state index in [-0.39, 0.29) is 29.3 Å². The molecule has 29 heavy (non-hydrogen) atoms. The van der Waals surface area contributed by atoms with Gasteiger partial charge in [-0.2, -0.15) is 4.98 Å². The molecular weight excluding hydrogens is 370 g/mol. The van der Waals surface area contributed by atoms with Crippen LogP contribution in [0.4, 0.5) is 17.5 Å². The summed E-state index contributed by atoms with van der Waals surface area (Å²) in [5.74, 6) is -0.942. The molecule has 2 aliphatic heterocycles. The van der Waals surface area contributed by atoms with Crippen molar-refractivity contribution in [2.45, 2.75) is 51.0 Å². The van der Waals surface area contributed by atoms with Crippen LogP contribution in [0.5, 0.6) is 0 Å². The van der Waals surface area contributed by atoms with E-state index in [0.29, 0.717) is 17.7 Å². The van der Waals surface area contributed by atoms with Crippen molar-refractivity contribution in [1.29, 1.82) is 0 Å². The zero-order valence-electron chi connectivity index (χ0n) is 16.4. The first-order valence-corrected chi connectivity index (χ1v) is 10.1. The third-order valence-corrected chi connectivity index (χ3v) is 5.67. The van der Waals surface area contributed by atoms with E-state index in [4.69, 9.17) is 0 Å². The Morgan fingerprint density at radius 1 is 1.24 bits per heavy atom. The summed E-state index contributed by atoms with van der Waals surface area (Å²) in [6.45, 7) is 2.93. The minimum atomic E-state index is -0.882. The van der Waals surface area contributed by atoms with Crippen molar-refractivity contribution in [3.05, 3.63) is 46.2 Å². The molecule has 2 aromatic rings. The second-order valence-corrected chi connectivity index (χ2v) is 7.56. The molecule has 8 heteroatoms. The zero-order valence-corrected chi connectivity index (χ0v) is 16.4. The summed E-state index contributed by atoms with van der Waals surface area (Å²) in [6, 6.07) is 9.28. The number of nitrogens with one attached hydrogen (secondary N) is 3. The van der Waals surface area contributed by atoms with E-state index in [2.05, 4.69) is 32.4 Å². The van der Waals surface area contributed by atoms with E-state index in [0.717, 1.165) is 32.2 Å². The fourth-order valence-corrected chi connectivity index (χ4v) is 4.17. The number of para-hydroxylation sites is 1. The van der Waals surface area contributed by atoms with Gasteiger partial charge in [-0.3, -0.25) is 19.4 Å². The van der Waals surface area contributed by atoms with Gasteiger partial charge in [-0.1, -0.05) is 25.1 Å². The predicted molar refractivity (Wildman–Crippen MR) is 111 cm³/mol. The van der Waals surface area contributed by atoms with E-state index in [1.807, 2.05) is 6.07 Å². The molecule has 0 unspecified atom stereocenters. The van der Waals surface area contributed by atoms with Gasteiger partial charge in [-0.25, -0.2) is 0 Å². The Morgan fingerprint density at radius 3 is 2.79 bits per heavy atom. The van der Waals surface area contributed by atoms with Crippen LogP contribution in [0, 0.1) is 0 Å². The summed E-state index contributed by atoms with van der Waals surface area (Å²) in [5.41, 5.74) is 0.454.